The maximum Gasteiger partial charge on any atom is 0.416 e. The highest BCUT2D eigenvalue weighted by atomic mass is 19.4. The summed E-state index contributed by atoms with van der Waals surface area (Å²) in [6.45, 7) is 2.11. The fraction of sp³-hybridized carbons (Fsp3) is 0.231. The second kappa shape index (κ2) is 4.76. The quantitative estimate of drug-likeness (QED) is 0.888. The van der Waals surface area contributed by atoms with Gasteiger partial charge in [-0.05, 0) is 36.8 Å². The van der Waals surface area contributed by atoms with E-state index >= 15 is 0 Å². The lowest BCUT2D eigenvalue weighted by Gasteiger charge is -2.12. The lowest BCUT2D eigenvalue weighted by molar-refractivity contribution is -0.137. The van der Waals surface area contributed by atoms with Crippen LogP contribution in [0, 0.1) is 6.92 Å². The van der Waals surface area contributed by atoms with Crippen LogP contribution in [0.25, 0.3) is 0 Å². The van der Waals surface area contributed by atoms with Gasteiger partial charge in [-0.1, -0.05) is 6.07 Å². The molecule has 0 atom stereocenters. The van der Waals surface area contributed by atoms with Gasteiger partial charge in [0.25, 0.3) is 0 Å². The number of halogens is 3. The molecule has 1 N–H and O–H groups in total. The van der Waals surface area contributed by atoms with E-state index in [0.717, 1.165) is 17.7 Å². The second-order valence-corrected chi connectivity index (χ2v) is 3.96. The van der Waals surface area contributed by atoms with E-state index in [1.165, 1.54) is 12.3 Å². The first kappa shape index (κ1) is 12.5. The van der Waals surface area contributed by atoms with Crippen molar-refractivity contribution in [2.45, 2.75) is 19.6 Å². The van der Waals surface area contributed by atoms with E-state index in [1.807, 2.05) is 0 Å². The molecule has 0 saturated heterocycles. The Morgan fingerprint density at radius 2 is 2.00 bits per heavy atom. The summed E-state index contributed by atoms with van der Waals surface area (Å²) in [5.41, 5.74) is 0.561. The largest absolute Gasteiger partial charge is 0.467 e. The Hall–Kier alpha value is -1.91. The van der Waals surface area contributed by atoms with Crippen molar-refractivity contribution in [2.75, 3.05) is 5.32 Å². The van der Waals surface area contributed by atoms with Crippen LogP contribution in [0.1, 0.15) is 16.9 Å². The molecule has 5 heteroatoms. The van der Waals surface area contributed by atoms with Crippen LogP contribution in [0.5, 0.6) is 0 Å². The van der Waals surface area contributed by atoms with E-state index in [1.54, 1.807) is 19.1 Å². The van der Waals surface area contributed by atoms with Gasteiger partial charge < -0.3 is 9.73 Å². The summed E-state index contributed by atoms with van der Waals surface area (Å²) in [5.74, 6) is 0.673. The number of nitrogens with one attached hydrogen (secondary N) is 1. The fourth-order valence-electron chi connectivity index (χ4n) is 1.58. The molecule has 0 saturated carbocycles. The number of furan rings is 1. The Morgan fingerprint density at radius 1 is 1.22 bits per heavy atom. The molecule has 0 bridgehead atoms. The Bertz CT molecular complexity index is 518. The lowest BCUT2D eigenvalue weighted by atomic mass is 10.1. The molecule has 1 aromatic heterocycles. The molecule has 0 unspecified atom stereocenters. The maximum atomic E-state index is 12.6. The number of aryl methyl sites for hydroxylation is 1. The molecule has 0 spiro atoms. The Labute approximate surface area is 102 Å². The van der Waals surface area contributed by atoms with Crippen molar-refractivity contribution in [2.24, 2.45) is 0 Å². The molecule has 0 aliphatic heterocycles. The number of hydrogen-bond donors (Lipinski definition) is 1. The molecule has 2 aromatic rings. The predicted molar refractivity (Wildman–Crippen MR) is 62.2 cm³/mol. The number of anilines is 1. The van der Waals surface area contributed by atoms with Crippen LogP contribution in [0.4, 0.5) is 18.9 Å². The first-order valence-electron chi connectivity index (χ1n) is 5.41. The third-order valence-corrected chi connectivity index (χ3v) is 2.60. The van der Waals surface area contributed by atoms with Gasteiger partial charge in [0, 0.05) is 5.69 Å². The van der Waals surface area contributed by atoms with Crippen molar-refractivity contribution < 1.29 is 17.6 Å². The third-order valence-electron chi connectivity index (χ3n) is 2.60. The molecule has 96 valence electrons. The van der Waals surface area contributed by atoms with Crippen LogP contribution in [0.2, 0.25) is 0 Å². The summed E-state index contributed by atoms with van der Waals surface area (Å²) in [6.07, 6.45) is -2.80. The molecule has 18 heavy (non-hydrogen) atoms. The van der Waals surface area contributed by atoms with Gasteiger partial charge in [-0.3, -0.25) is 0 Å². The van der Waals surface area contributed by atoms with Gasteiger partial charge in [-0.25, -0.2) is 0 Å². The summed E-state index contributed by atoms with van der Waals surface area (Å²) in [6, 6.07) is 7.13. The lowest BCUT2D eigenvalue weighted by Crippen LogP contribution is -2.07. The highest BCUT2D eigenvalue weighted by Gasteiger charge is 2.30. The van der Waals surface area contributed by atoms with E-state index in [4.69, 9.17) is 4.42 Å². The molecule has 2 rings (SSSR count). The molecule has 0 radical (unpaired) electrons. The van der Waals surface area contributed by atoms with Crippen LogP contribution in [0.15, 0.2) is 41.0 Å². The summed E-state index contributed by atoms with van der Waals surface area (Å²) in [7, 11) is 0. The average molecular weight is 255 g/mol. The first-order chi connectivity index (χ1) is 8.47. The minimum Gasteiger partial charge on any atom is -0.467 e. The first-order valence-corrected chi connectivity index (χ1v) is 5.41. The summed E-state index contributed by atoms with van der Waals surface area (Å²) in [4.78, 5) is 0. The van der Waals surface area contributed by atoms with Crippen LogP contribution in [0.3, 0.4) is 0 Å². The summed E-state index contributed by atoms with van der Waals surface area (Å²) in [5, 5.41) is 2.93. The van der Waals surface area contributed by atoms with Crippen molar-refractivity contribution in [1.29, 1.82) is 0 Å². The predicted octanol–water partition coefficient (Wildman–Crippen LogP) is 4.22. The van der Waals surface area contributed by atoms with Crippen molar-refractivity contribution in [3.63, 3.8) is 0 Å². The van der Waals surface area contributed by atoms with E-state index in [-0.39, 0.29) is 0 Å². The Kier molecular flexibility index (Phi) is 3.32. The standard InChI is InChI=1S/C13H12F3NO/c1-9-4-5-10(13(14,15)16)7-12(9)17-8-11-3-2-6-18-11/h2-7,17H,8H2,1H3. The van der Waals surface area contributed by atoms with Gasteiger partial charge in [-0.15, -0.1) is 0 Å². The zero-order chi connectivity index (χ0) is 13.2. The highest BCUT2D eigenvalue weighted by Crippen LogP contribution is 2.32. The minimum absolute atomic E-state index is 0.356. The average Bonchev–Trinajstić information content (AvgIpc) is 2.79. The second-order valence-electron chi connectivity index (χ2n) is 3.96. The minimum atomic E-state index is -4.32. The molecule has 1 aromatic carbocycles. The molecule has 0 fully saturated rings. The molecular weight excluding hydrogens is 243 g/mol. The topological polar surface area (TPSA) is 25.2 Å². The SMILES string of the molecule is Cc1ccc(C(F)(F)F)cc1NCc1ccco1. The molecule has 0 aliphatic carbocycles. The fourth-order valence-corrected chi connectivity index (χ4v) is 1.58. The van der Waals surface area contributed by atoms with Crippen LogP contribution < -0.4 is 5.32 Å². The number of alkyl halides is 3. The van der Waals surface area contributed by atoms with Crippen molar-refractivity contribution in [1.82, 2.24) is 0 Å². The number of benzene rings is 1. The van der Waals surface area contributed by atoms with Crippen LogP contribution in [-0.4, -0.2) is 0 Å². The van der Waals surface area contributed by atoms with Crippen LogP contribution in [-0.2, 0) is 12.7 Å². The van der Waals surface area contributed by atoms with E-state index in [9.17, 15) is 13.2 Å². The Morgan fingerprint density at radius 3 is 2.61 bits per heavy atom. The maximum absolute atomic E-state index is 12.6. The van der Waals surface area contributed by atoms with Gasteiger partial charge in [-0.2, -0.15) is 13.2 Å². The zero-order valence-electron chi connectivity index (χ0n) is 9.71. The molecule has 1 heterocycles. The molecule has 2 nitrogen and oxygen atoms in total. The van der Waals surface area contributed by atoms with Crippen molar-refractivity contribution in [3.05, 3.63) is 53.5 Å². The smallest absolute Gasteiger partial charge is 0.416 e. The summed E-state index contributed by atoms with van der Waals surface area (Å²) >= 11 is 0. The van der Waals surface area contributed by atoms with Crippen molar-refractivity contribution >= 4 is 5.69 Å². The van der Waals surface area contributed by atoms with E-state index < -0.39 is 11.7 Å². The van der Waals surface area contributed by atoms with Gasteiger partial charge in [0.15, 0.2) is 0 Å². The number of rotatable bonds is 3. The summed E-state index contributed by atoms with van der Waals surface area (Å²) < 4.78 is 42.8. The monoisotopic (exact) mass is 255 g/mol. The zero-order valence-corrected chi connectivity index (χ0v) is 9.71. The normalized spacial score (nSPS) is 11.6. The molecule has 0 aliphatic rings. The van der Waals surface area contributed by atoms with E-state index in [2.05, 4.69) is 5.32 Å². The van der Waals surface area contributed by atoms with E-state index in [0.29, 0.717) is 18.0 Å². The van der Waals surface area contributed by atoms with Crippen molar-refractivity contribution in [3.8, 4) is 0 Å². The van der Waals surface area contributed by atoms with Crippen LogP contribution >= 0.6 is 0 Å². The Balaban J connectivity index is 2.16. The molecular formula is C13H12F3NO. The molecule has 0 amide bonds. The van der Waals surface area contributed by atoms with Gasteiger partial charge >= 0.3 is 6.18 Å². The highest BCUT2D eigenvalue weighted by molar-refractivity contribution is 5.53. The van der Waals surface area contributed by atoms with Gasteiger partial charge in [0.05, 0.1) is 18.4 Å². The number of hydrogen-bond acceptors (Lipinski definition) is 2. The third kappa shape index (κ3) is 2.85. The van der Waals surface area contributed by atoms with Gasteiger partial charge in [0.2, 0.25) is 0 Å². The van der Waals surface area contributed by atoms with Gasteiger partial charge in [0.1, 0.15) is 5.76 Å².